The summed E-state index contributed by atoms with van der Waals surface area (Å²) in [5.74, 6) is -1.63. The molecule has 0 saturated heterocycles. The number of hydrogen-bond acceptors (Lipinski definition) is 3. The third-order valence-electron chi connectivity index (χ3n) is 4.44. The van der Waals surface area contributed by atoms with E-state index in [9.17, 15) is 19.5 Å². The number of aliphatic carboxylic acids is 1. The topological polar surface area (TPSA) is 95.5 Å². The Labute approximate surface area is 157 Å². The lowest BCUT2D eigenvalue weighted by molar-refractivity contribution is -0.139. The molecule has 1 aliphatic carbocycles. The fourth-order valence-corrected chi connectivity index (χ4v) is 3.01. The Bertz CT molecular complexity index is 883. The van der Waals surface area contributed by atoms with Gasteiger partial charge in [0.2, 0.25) is 5.91 Å². The highest BCUT2D eigenvalue weighted by Gasteiger charge is 2.29. The van der Waals surface area contributed by atoms with Crippen molar-refractivity contribution < 1.29 is 19.5 Å². The van der Waals surface area contributed by atoms with Gasteiger partial charge >= 0.3 is 5.97 Å². The van der Waals surface area contributed by atoms with Gasteiger partial charge < -0.3 is 15.7 Å². The minimum Gasteiger partial charge on any atom is -0.479 e. The molecule has 27 heavy (non-hydrogen) atoms. The monoisotopic (exact) mass is 366 g/mol. The third-order valence-corrected chi connectivity index (χ3v) is 4.44. The zero-order valence-electron chi connectivity index (χ0n) is 15.3. The lowest BCUT2D eigenvalue weighted by Crippen LogP contribution is -2.34. The molecule has 3 N–H and O–H groups in total. The molecule has 1 aliphatic rings. The number of amides is 2. The van der Waals surface area contributed by atoms with Crippen molar-refractivity contribution in [3.63, 3.8) is 0 Å². The number of carboxylic acid groups (broad SMARTS) is 1. The third kappa shape index (κ3) is 4.73. The molecule has 1 atom stereocenters. The normalized spacial score (nSPS) is 14.3. The molecule has 6 nitrogen and oxygen atoms in total. The second kappa shape index (κ2) is 7.61. The van der Waals surface area contributed by atoms with E-state index in [0.717, 1.165) is 24.0 Å². The van der Waals surface area contributed by atoms with Crippen molar-refractivity contribution in [2.45, 2.75) is 32.7 Å². The number of carboxylic acids is 1. The summed E-state index contributed by atoms with van der Waals surface area (Å²) in [6.45, 7) is 3.76. The van der Waals surface area contributed by atoms with Gasteiger partial charge in [-0.1, -0.05) is 35.4 Å². The second-order valence-corrected chi connectivity index (χ2v) is 7.01. The summed E-state index contributed by atoms with van der Waals surface area (Å²) >= 11 is 0. The highest BCUT2D eigenvalue weighted by molar-refractivity contribution is 5.99. The van der Waals surface area contributed by atoms with Crippen molar-refractivity contribution in [1.29, 1.82) is 0 Å². The zero-order chi connectivity index (χ0) is 19.6. The number of carbonyl (C=O) groups excluding carboxylic acids is 2. The molecule has 1 saturated carbocycles. The van der Waals surface area contributed by atoms with E-state index in [1.807, 2.05) is 19.9 Å². The molecule has 0 heterocycles. The van der Waals surface area contributed by atoms with E-state index in [0.29, 0.717) is 16.8 Å². The van der Waals surface area contributed by atoms with E-state index in [2.05, 4.69) is 10.6 Å². The first-order valence-electron chi connectivity index (χ1n) is 8.86. The van der Waals surface area contributed by atoms with Crippen molar-refractivity contribution in [3.8, 4) is 0 Å². The van der Waals surface area contributed by atoms with Crippen molar-refractivity contribution in [2.75, 3.05) is 5.32 Å². The molecule has 1 unspecified atom stereocenters. The second-order valence-electron chi connectivity index (χ2n) is 7.01. The van der Waals surface area contributed by atoms with Crippen molar-refractivity contribution >= 4 is 23.5 Å². The van der Waals surface area contributed by atoms with Gasteiger partial charge in [0.15, 0.2) is 6.04 Å². The molecule has 0 radical (unpaired) electrons. The van der Waals surface area contributed by atoms with Crippen LogP contribution in [0.15, 0.2) is 42.5 Å². The molecule has 3 rings (SSSR count). The fourth-order valence-electron chi connectivity index (χ4n) is 3.01. The molecule has 0 aliphatic heterocycles. The fraction of sp³-hybridized carbons (Fsp3) is 0.286. The molecule has 0 bridgehead atoms. The predicted molar refractivity (Wildman–Crippen MR) is 102 cm³/mol. The van der Waals surface area contributed by atoms with Gasteiger partial charge in [-0.05, 0) is 50.5 Å². The smallest absolute Gasteiger partial charge is 0.330 e. The summed E-state index contributed by atoms with van der Waals surface area (Å²) in [6, 6.07) is 10.8. The number of rotatable bonds is 6. The van der Waals surface area contributed by atoms with Gasteiger partial charge in [-0.2, -0.15) is 0 Å². The van der Waals surface area contributed by atoms with Gasteiger partial charge in [0.1, 0.15) is 0 Å². The number of aryl methyl sites for hydroxylation is 2. The lowest BCUT2D eigenvalue weighted by Gasteiger charge is -2.17. The van der Waals surface area contributed by atoms with Gasteiger partial charge in [-0.25, -0.2) is 4.79 Å². The summed E-state index contributed by atoms with van der Waals surface area (Å²) in [5.41, 5.74) is 3.19. The molecule has 2 amide bonds. The molecule has 2 aromatic rings. The Morgan fingerprint density at radius 2 is 1.70 bits per heavy atom. The van der Waals surface area contributed by atoms with Crippen LogP contribution in [0.1, 0.15) is 45.9 Å². The van der Waals surface area contributed by atoms with Gasteiger partial charge in [0.05, 0.1) is 0 Å². The highest BCUT2D eigenvalue weighted by atomic mass is 16.4. The van der Waals surface area contributed by atoms with Crippen LogP contribution < -0.4 is 10.6 Å². The van der Waals surface area contributed by atoms with Crippen molar-refractivity contribution in [1.82, 2.24) is 5.32 Å². The summed E-state index contributed by atoms with van der Waals surface area (Å²) in [6.07, 6.45) is 1.78. The minimum atomic E-state index is -1.15. The minimum absolute atomic E-state index is 0.0498. The molecule has 0 spiro atoms. The summed E-state index contributed by atoms with van der Waals surface area (Å²) < 4.78 is 0. The van der Waals surface area contributed by atoms with E-state index < -0.39 is 17.9 Å². The van der Waals surface area contributed by atoms with Gasteiger partial charge in [0.25, 0.3) is 5.91 Å². The van der Waals surface area contributed by atoms with Crippen LogP contribution >= 0.6 is 0 Å². The number of benzene rings is 2. The average molecular weight is 366 g/mol. The summed E-state index contributed by atoms with van der Waals surface area (Å²) in [4.78, 5) is 36.2. The van der Waals surface area contributed by atoms with E-state index in [1.54, 1.807) is 36.4 Å². The Hall–Kier alpha value is -3.15. The molecule has 1 fully saturated rings. The first kappa shape index (κ1) is 18.6. The van der Waals surface area contributed by atoms with Gasteiger partial charge in [0, 0.05) is 17.2 Å². The van der Waals surface area contributed by atoms with E-state index in [1.165, 1.54) is 0 Å². The molecule has 140 valence electrons. The standard InChI is InChI=1S/C21H22N2O4/c1-12-8-13(2)10-16(9-12)18(21(26)27)23-20(25)15-4-3-5-17(11-15)22-19(24)14-6-7-14/h3-5,8-11,14,18H,6-7H2,1-2H3,(H,22,24)(H,23,25)(H,26,27). The maximum atomic E-state index is 12.6. The zero-order valence-corrected chi connectivity index (χ0v) is 15.3. The Morgan fingerprint density at radius 3 is 2.30 bits per heavy atom. The Kier molecular flexibility index (Phi) is 5.26. The molecule has 6 heteroatoms. The Morgan fingerprint density at radius 1 is 1.04 bits per heavy atom. The average Bonchev–Trinajstić information content (AvgIpc) is 3.43. The number of nitrogens with one attached hydrogen (secondary N) is 2. The SMILES string of the molecule is Cc1cc(C)cc(C(NC(=O)c2cccc(NC(=O)C3CC3)c2)C(=O)O)c1. The first-order chi connectivity index (χ1) is 12.8. The number of hydrogen-bond donors (Lipinski definition) is 3. The maximum absolute atomic E-state index is 12.6. The van der Waals surface area contributed by atoms with E-state index in [4.69, 9.17) is 0 Å². The first-order valence-corrected chi connectivity index (χ1v) is 8.86. The van der Waals surface area contributed by atoms with Crippen LogP contribution in [0.4, 0.5) is 5.69 Å². The van der Waals surface area contributed by atoms with Crippen molar-refractivity contribution in [3.05, 3.63) is 64.7 Å². The highest BCUT2D eigenvalue weighted by Crippen LogP contribution is 2.30. The quantitative estimate of drug-likeness (QED) is 0.731. The van der Waals surface area contributed by atoms with Crippen LogP contribution in [0, 0.1) is 19.8 Å². The van der Waals surface area contributed by atoms with Crippen molar-refractivity contribution in [2.24, 2.45) is 5.92 Å². The summed E-state index contributed by atoms with van der Waals surface area (Å²) in [5, 5.41) is 14.9. The van der Waals surface area contributed by atoms with E-state index in [-0.39, 0.29) is 11.8 Å². The summed E-state index contributed by atoms with van der Waals surface area (Å²) in [7, 11) is 0. The van der Waals surface area contributed by atoms with Gasteiger partial charge in [-0.3, -0.25) is 9.59 Å². The van der Waals surface area contributed by atoms with E-state index >= 15 is 0 Å². The largest absolute Gasteiger partial charge is 0.479 e. The number of carbonyl (C=O) groups is 3. The Balaban J connectivity index is 1.77. The molecule has 0 aromatic heterocycles. The molecular formula is C21H22N2O4. The van der Waals surface area contributed by atoms with Crippen LogP contribution in [0.5, 0.6) is 0 Å². The maximum Gasteiger partial charge on any atom is 0.330 e. The van der Waals surface area contributed by atoms with Crippen LogP contribution in [0.2, 0.25) is 0 Å². The van der Waals surface area contributed by atoms with Crippen LogP contribution in [0.25, 0.3) is 0 Å². The molecular weight excluding hydrogens is 344 g/mol. The van der Waals surface area contributed by atoms with Crippen LogP contribution in [-0.2, 0) is 9.59 Å². The predicted octanol–water partition coefficient (Wildman–Crippen LogP) is 3.21. The van der Waals surface area contributed by atoms with Crippen LogP contribution in [-0.4, -0.2) is 22.9 Å². The number of anilines is 1. The molecule has 2 aromatic carbocycles. The van der Waals surface area contributed by atoms with Crippen LogP contribution in [0.3, 0.4) is 0 Å². The lowest BCUT2D eigenvalue weighted by atomic mass is 10.0. The van der Waals surface area contributed by atoms with Gasteiger partial charge in [-0.15, -0.1) is 0 Å².